The fourth-order valence-corrected chi connectivity index (χ4v) is 15.8. The number of rotatable bonds is 12. The monoisotopic (exact) mass is 1310 g/mol. The molecule has 16 rings (SSSR count). The molecular formula is C64H64O26S2. The molecule has 92 heavy (non-hydrogen) atoms. The molecule has 0 spiro atoms. The number of benzene rings is 4. The normalized spacial score (nSPS) is 34.3. The summed E-state index contributed by atoms with van der Waals surface area (Å²) in [5, 5.41) is 70.0. The van der Waals surface area contributed by atoms with Gasteiger partial charge in [0.05, 0.1) is 88.7 Å². The van der Waals surface area contributed by atoms with Crippen molar-refractivity contribution in [3.8, 4) is 57.5 Å². The van der Waals surface area contributed by atoms with E-state index in [-0.39, 0.29) is 74.5 Å². The Balaban J connectivity index is 0.000000153. The van der Waals surface area contributed by atoms with E-state index in [2.05, 4.69) is 0 Å². The van der Waals surface area contributed by atoms with Crippen LogP contribution in [0.5, 0.6) is 57.5 Å². The topological polar surface area (TPSA) is 322 Å². The number of ether oxygens (including phenoxy) is 18. The van der Waals surface area contributed by atoms with Crippen LogP contribution in [0.15, 0.2) is 83.6 Å². The lowest BCUT2D eigenvalue weighted by Gasteiger charge is -2.48. The molecule has 4 aromatic carbocycles. The maximum Gasteiger partial charge on any atom is 0.310 e. The number of phenols is 2. The first-order chi connectivity index (χ1) is 44.7. The average Bonchev–Trinajstić information content (AvgIpc) is 1.38. The zero-order chi connectivity index (χ0) is 63.4. The molecule has 2 aliphatic carbocycles. The number of hydrogen-bond acceptors (Lipinski definition) is 28. The van der Waals surface area contributed by atoms with Crippen molar-refractivity contribution in [3.63, 3.8) is 0 Å². The number of esters is 2. The van der Waals surface area contributed by atoms with Crippen LogP contribution in [0.1, 0.15) is 79.8 Å². The van der Waals surface area contributed by atoms with Crippen molar-refractivity contribution in [2.24, 2.45) is 23.7 Å². The van der Waals surface area contributed by atoms with Crippen LogP contribution in [0.25, 0.3) is 0 Å². The Morgan fingerprint density at radius 3 is 1.17 bits per heavy atom. The third-order valence-electron chi connectivity index (χ3n) is 18.7. The molecule has 26 nitrogen and oxygen atoms in total. The summed E-state index contributed by atoms with van der Waals surface area (Å²) < 4.78 is 105. The van der Waals surface area contributed by atoms with Crippen LogP contribution in [0.2, 0.25) is 0 Å². The Kier molecular flexibility index (Phi) is 16.3. The molecule has 8 aliphatic heterocycles. The third kappa shape index (κ3) is 10.4. The lowest BCUT2D eigenvalue weighted by Crippen LogP contribution is -2.62. The van der Waals surface area contributed by atoms with Crippen molar-refractivity contribution in [3.05, 3.63) is 127 Å². The van der Waals surface area contributed by atoms with E-state index in [0.29, 0.717) is 56.4 Å². The van der Waals surface area contributed by atoms with Crippen molar-refractivity contribution in [2.75, 3.05) is 68.5 Å². The number of aliphatic hydroxyl groups is 4. The van der Waals surface area contributed by atoms with Gasteiger partial charge in [0.2, 0.25) is 25.1 Å². The van der Waals surface area contributed by atoms with Crippen molar-refractivity contribution >= 4 is 34.6 Å². The van der Waals surface area contributed by atoms with Gasteiger partial charge >= 0.3 is 11.9 Å². The SMILES string of the molecule is COc1cc([C@@H]2c3cc4c(cc3[C@@H](O[C@@H]3O[C@@H]5CO[C@@H](c6cccs6)O[C@H]5[C@H](O)[C@H]3O)[C@H]3COC(=O)[C@H]23)OCO4)cc(OC)c1O.COc1cc([C@@H]2c3cc4c(cc3[C@@H](O[C@@H]3O[C@@H]5CO[C@@H](c6cccs6)O[C@H]5[C@H](O)[C@H]3O)[C@H]3COC(=O)[C@H]23)OCO4)cc(OC)c1O. The standard InChI is InChI=1S/2C32H32O13S/c2*1-37-19-6-13(7-20(38-2)25(19)33)23-14-8-17-18(42-12-41-17)9-15(14)28(16-10-39-30(36)24(16)23)44-32-27(35)26(34)29-21(43-32)11-40-31(45-29)22-4-3-5-46-22/h2*3-9,16,21,23-24,26-29,31-35H,10-12H2,1-2H3/t2*16-,21+,23+,24-,26+,27+,28+,29+,31+,32-/m00/s1. The van der Waals surface area contributed by atoms with Crippen LogP contribution >= 0.6 is 22.7 Å². The zero-order valence-corrected chi connectivity index (χ0v) is 51.2. The molecular weight excluding hydrogens is 1250 g/mol. The predicted molar refractivity (Wildman–Crippen MR) is 312 cm³/mol. The van der Waals surface area contributed by atoms with Gasteiger partial charge in [0.1, 0.15) is 48.8 Å². The van der Waals surface area contributed by atoms with Crippen LogP contribution in [0, 0.1) is 23.7 Å². The van der Waals surface area contributed by atoms with E-state index in [1.54, 1.807) is 36.4 Å². The summed E-state index contributed by atoms with van der Waals surface area (Å²) >= 11 is 2.93. The molecule has 6 saturated heterocycles. The van der Waals surface area contributed by atoms with Gasteiger partial charge in [0.15, 0.2) is 71.2 Å². The largest absolute Gasteiger partial charge is 0.502 e. The summed E-state index contributed by atoms with van der Waals surface area (Å²) in [6.45, 7) is 0.342. The number of aliphatic hydroxyl groups excluding tert-OH is 4. The highest BCUT2D eigenvalue weighted by Gasteiger charge is 2.59. The summed E-state index contributed by atoms with van der Waals surface area (Å²) in [5.74, 6) is -2.17. The van der Waals surface area contributed by atoms with Crippen LogP contribution in [0.3, 0.4) is 0 Å². The molecule has 2 aromatic heterocycles. The van der Waals surface area contributed by atoms with Crippen molar-refractivity contribution < 1.29 is 125 Å². The quantitative estimate of drug-likeness (QED) is 0.0823. The molecule has 10 aliphatic rings. The molecule has 6 N–H and O–H groups in total. The second-order valence-electron chi connectivity index (χ2n) is 23.5. The maximum absolute atomic E-state index is 13.5. The first-order valence-corrected chi connectivity index (χ1v) is 31.5. The lowest BCUT2D eigenvalue weighted by atomic mass is 9.66. The third-order valence-corrected chi connectivity index (χ3v) is 20.5. The molecule has 6 fully saturated rings. The van der Waals surface area contributed by atoms with E-state index in [9.17, 15) is 40.2 Å². The van der Waals surface area contributed by atoms with Crippen LogP contribution in [0.4, 0.5) is 0 Å². The van der Waals surface area contributed by atoms with Crippen molar-refractivity contribution in [1.29, 1.82) is 0 Å². The molecule has 488 valence electrons. The van der Waals surface area contributed by atoms with Crippen LogP contribution in [-0.4, -0.2) is 172 Å². The van der Waals surface area contributed by atoms with E-state index in [1.807, 2.05) is 47.2 Å². The lowest BCUT2D eigenvalue weighted by molar-refractivity contribution is -0.368. The minimum atomic E-state index is -1.47. The molecule has 0 saturated carbocycles. The van der Waals surface area contributed by atoms with Gasteiger partial charge in [-0.3, -0.25) is 9.59 Å². The number of hydrogen-bond donors (Lipinski definition) is 6. The highest BCUT2D eigenvalue weighted by Crippen LogP contribution is 2.60. The van der Waals surface area contributed by atoms with E-state index >= 15 is 0 Å². The van der Waals surface area contributed by atoms with Gasteiger partial charge in [-0.25, -0.2) is 0 Å². The Hall–Kier alpha value is -7.26. The molecule has 0 unspecified atom stereocenters. The first kappa shape index (κ1) is 60.9. The second kappa shape index (κ2) is 24.6. The number of carbonyl (C=O) groups excluding carboxylic acids is 2. The predicted octanol–water partition coefficient (Wildman–Crippen LogP) is 5.51. The number of phenolic OH excluding ortho intramolecular Hbond substituents is 2. The highest BCUT2D eigenvalue weighted by atomic mass is 32.1. The second-order valence-corrected chi connectivity index (χ2v) is 25.5. The Bertz CT molecular complexity index is 3440. The van der Waals surface area contributed by atoms with Crippen LogP contribution in [-0.2, 0) is 57.0 Å². The van der Waals surface area contributed by atoms with E-state index in [1.165, 1.54) is 51.1 Å². The fourth-order valence-electron chi connectivity index (χ4n) is 14.4. The Morgan fingerprint density at radius 2 is 0.826 bits per heavy atom. The molecule has 20 atom stereocenters. The number of carbonyl (C=O) groups is 2. The molecule has 0 radical (unpaired) electrons. The molecule has 6 aromatic rings. The molecule has 28 heteroatoms. The summed E-state index contributed by atoms with van der Waals surface area (Å²) in [6, 6.07) is 21.4. The minimum Gasteiger partial charge on any atom is -0.502 e. The highest BCUT2D eigenvalue weighted by molar-refractivity contribution is 7.10. The van der Waals surface area contributed by atoms with Crippen molar-refractivity contribution in [2.45, 2.75) is 98.0 Å². The van der Waals surface area contributed by atoms with Crippen LogP contribution < -0.4 is 37.9 Å². The number of thiophene rings is 2. The van der Waals surface area contributed by atoms with E-state index in [0.717, 1.165) is 9.75 Å². The van der Waals surface area contributed by atoms with E-state index in [4.69, 9.17) is 85.3 Å². The first-order valence-electron chi connectivity index (χ1n) is 29.8. The summed E-state index contributed by atoms with van der Waals surface area (Å²) in [7, 11) is 5.73. The summed E-state index contributed by atoms with van der Waals surface area (Å²) in [6.07, 6.45) is -14.3. The van der Waals surface area contributed by atoms with Gasteiger partial charge < -0.3 is 116 Å². The average molecular weight is 1310 g/mol. The minimum absolute atomic E-state index is 0.0242. The number of cyclic esters (lactones) is 2. The van der Waals surface area contributed by atoms with Gasteiger partial charge in [-0.2, -0.15) is 0 Å². The molecule has 0 amide bonds. The Morgan fingerprint density at radius 1 is 0.457 bits per heavy atom. The smallest absolute Gasteiger partial charge is 0.310 e. The fraction of sp³-hybridized carbons (Fsp3) is 0.469. The van der Waals surface area contributed by atoms with Gasteiger partial charge in [-0.05, 0) is 105 Å². The van der Waals surface area contributed by atoms with Gasteiger partial charge in [-0.15, -0.1) is 22.7 Å². The Labute approximate surface area is 532 Å². The van der Waals surface area contributed by atoms with Crippen molar-refractivity contribution in [1.82, 2.24) is 0 Å². The summed E-state index contributed by atoms with van der Waals surface area (Å²) in [4.78, 5) is 28.6. The zero-order valence-electron chi connectivity index (χ0n) is 49.5. The number of aromatic hydroxyl groups is 2. The van der Waals surface area contributed by atoms with E-state index < -0.39 is 134 Å². The number of methoxy groups -OCH3 is 4. The van der Waals surface area contributed by atoms with Gasteiger partial charge in [-0.1, -0.05) is 12.1 Å². The molecule has 0 bridgehead atoms. The van der Waals surface area contributed by atoms with Gasteiger partial charge in [0.25, 0.3) is 0 Å². The maximum atomic E-state index is 13.5. The van der Waals surface area contributed by atoms with Gasteiger partial charge in [0, 0.05) is 23.7 Å². The summed E-state index contributed by atoms with van der Waals surface area (Å²) in [5.41, 5.74) is 4.00. The molecule has 10 heterocycles. The number of fused-ring (bicyclic) bond motifs is 8.